The summed E-state index contributed by atoms with van der Waals surface area (Å²) >= 11 is 0. The maximum atomic E-state index is 4.30. The second-order valence-electron chi connectivity index (χ2n) is 3.03. The highest BCUT2D eigenvalue weighted by Crippen LogP contribution is 2.16. The Morgan fingerprint density at radius 1 is 1.23 bits per heavy atom. The van der Waals surface area contributed by atoms with Crippen LogP contribution in [0.25, 0.3) is 11.5 Å². The molecule has 0 N–H and O–H groups in total. The lowest BCUT2D eigenvalue weighted by molar-refractivity contribution is 0.915. The van der Waals surface area contributed by atoms with Crippen molar-refractivity contribution < 1.29 is 0 Å². The Balaban J connectivity index is 2.59. The van der Waals surface area contributed by atoms with Crippen LogP contribution in [0, 0.1) is 6.92 Å². The standard InChI is InChI=1S/C10H11N3/c1-8-4-3-5-11-9(8)10-12-6-7-13(10)2/h3-7H,1-2H3. The molecule has 0 bridgehead atoms. The molecule has 0 unspecified atom stereocenters. The van der Waals surface area contributed by atoms with E-state index in [-0.39, 0.29) is 0 Å². The van der Waals surface area contributed by atoms with E-state index in [4.69, 9.17) is 0 Å². The van der Waals surface area contributed by atoms with Gasteiger partial charge in [0.05, 0.1) is 0 Å². The quantitative estimate of drug-likeness (QED) is 0.658. The van der Waals surface area contributed by atoms with E-state index >= 15 is 0 Å². The van der Waals surface area contributed by atoms with Crippen LogP contribution in [0.3, 0.4) is 0 Å². The lowest BCUT2D eigenvalue weighted by Gasteiger charge is -2.03. The molecule has 3 heteroatoms. The third kappa shape index (κ3) is 1.33. The third-order valence-electron chi connectivity index (χ3n) is 2.04. The molecule has 66 valence electrons. The zero-order valence-electron chi connectivity index (χ0n) is 7.73. The highest BCUT2D eigenvalue weighted by molar-refractivity contribution is 5.54. The van der Waals surface area contributed by atoms with E-state index in [1.807, 2.05) is 36.9 Å². The molecular formula is C10H11N3. The van der Waals surface area contributed by atoms with Crippen LogP contribution in [0.4, 0.5) is 0 Å². The normalized spacial score (nSPS) is 10.3. The molecule has 2 aromatic heterocycles. The zero-order valence-corrected chi connectivity index (χ0v) is 7.73. The first-order chi connectivity index (χ1) is 6.29. The number of hydrogen-bond acceptors (Lipinski definition) is 2. The molecule has 2 rings (SSSR count). The third-order valence-corrected chi connectivity index (χ3v) is 2.04. The molecule has 2 aromatic rings. The summed E-state index contributed by atoms with van der Waals surface area (Å²) in [7, 11) is 1.97. The Labute approximate surface area is 77.1 Å². The van der Waals surface area contributed by atoms with Crippen LogP contribution >= 0.6 is 0 Å². The van der Waals surface area contributed by atoms with Gasteiger partial charge in [0, 0.05) is 25.6 Å². The van der Waals surface area contributed by atoms with Gasteiger partial charge in [0.15, 0.2) is 5.82 Å². The van der Waals surface area contributed by atoms with E-state index in [2.05, 4.69) is 9.97 Å². The van der Waals surface area contributed by atoms with Gasteiger partial charge in [0.2, 0.25) is 0 Å². The molecule has 0 amide bonds. The van der Waals surface area contributed by atoms with E-state index < -0.39 is 0 Å². The molecule has 0 atom stereocenters. The minimum absolute atomic E-state index is 0.915. The number of hydrogen-bond donors (Lipinski definition) is 0. The fourth-order valence-electron chi connectivity index (χ4n) is 1.31. The first-order valence-corrected chi connectivity index (χ1v) is 4.18. The van der Waals surface area contributed by atoms with E-state index in [1.54, 1.807) is 12.4 Å². The highest BCUT2D eigenvalue weighted by Gasteiger charge is 2.06. The Morgan fingerprint density at radius 2 is 2.08 bits per heavy atom. The van der Waals surface area contributed by atoms with Gasteiger partial charge in [-0.3, -0.25) is 4.98 Å². The predicted molar refractivity (Wildman–Crippen MR) is 51.2 cm³/mol. The second kappa shape index (κ2) is 3.01. The van der Waals surface area contributed by atoms with Crippen molar-refractivity contribution in [3.63, 3.8) is 0 Å². The van der Waals surface area contributed by atoms with E-state index in [1.165, 1.54) is 0 Å². The number of imidazole rings is 1. The topological polar surface area (TPSA) is 30.7 Å². The van der Waals surface area contributed by atoms with Gasteiger partial charge in [0.25, 0.3) is 0 Å². The van der Waals surface area contributed by atoms with Crippen LogP contribution in [0.5, 0.6) is 0 Å². The molecule has 0 saturated heterocycles. The first kappa shape index (κ1) is 7.98. The summed E-state index contributed by atoms with van der Waals surface area (Å²) < 4.78 is 1.97. The van der Waals surface area contributed by atoms with E-state index in [0.29, 0.717) is 0 Å². The van der Waals surface area contributed by atoms with Crippen LogP contribution in [-0.4, -0.2) is 14.5 Å². The Morgan fingerprint density at radius 3 is 2.69 bits per heavy atom. The average Bonchev–Trinajstić information content (AvgIpc) is 2.52. The van der Waals surface area contributed by atoms with Gasteiger partial charge in [-0.05, 0) is 18.6 Å². The minimum Gasteiger partial charge on any atom is -0.333 e. The number of aromatic nitrogens is 3. The molecule has 0 aliphatic heterocycles. The molecule has 0 spiro atoms. The summed E-state index contributed by atoms with van der Waals surface area (Å²) in [5.41, 5.74) is 2.10. The van der Waals surface area contributed by atoms with Gasteiger partial charge in [-0.25, -0.2) is 4.98 Å². The van der Waals surface area contributed by atoms with Crippen molar-refractivity contribution in [2.24, 2.45) is 7.05 Å². The van der Waals surface area contributed by atoms with Crippen LogP contribution < -0.4 is 0 Å². The average molecular weight is 173 g/mol. The van der Waals surface area contributed by atoms with Crippen molar-refractivity contribution in [3.05, 3.63) is 36.3 Å². The fraction of sp³-hybridized carbons (Fsp3) is 0.200. The maximum Gasteiger partial charge on any atom is 0.158 e. The zero-order chi connectivity index (χ0) is 9.26. The molecule has 0 saturated carbocycles. The lowest BCUT2D eigenvalue weighted by atomic mass is 10.2. The molecular weight excluding hydrogens is 162 g/mol. The summed E-state index contributed by atoms with van der Waals surface area (Å²) in [6.45, 7) is 2.04. The number of pyridine rings is 1. The predicted octanol–water partition coefficient (Wildman–Crippen LogP) is 1.79. The van der Waals surface area contributed by atoms with Gasteiger partial charge < -0.3 is 4.57 Å². The monoisotopic (exact) mass is 173 g/mol. The number of rotatable bonds is 1. The van der Waals surface area contributed by atoms with E-state index in [9.17, 15) is 0 Å². The van der Waals surface area contributed by atoms with Gasteiger partial charge in [-0.1, -0.05) is 6.07 Å². The molecule has 0 aliphatic rings. The molecule has 0 aliphatic carbocycles. The first-order valence-electron chi connectivity index (χ1n) is 4.18. The van der Waals surface area contributed by atoms with Crippen molar-refractivity contribution in [3.8, 4) is 11.5 Å². The minimum atomic E-state index is 0.915. The largest absolute Gasteiger partial charge is 0.333 e. The molecule has 2 heterocycles. The van der Waals surface area contributed by atoms with Gasteiger partial charge >= 0.3 is 0 Å². The fourth-order valence-corrected chi connectivity index (χ4v) is 1.31. The summed E-state index contributed by atoms with van der Waals surface area (Å²) in [6, 6.07) is 3.97. The van der Waals surface area contributed by atoms with Gasteiger partial charge in [-0.2, -0.15) is 0 Å². The summed E-state index contributed by atoms with van der Waals surface area (Å²) in [6.07, 6.45) is 5.49. The molecule has 3 nitrogen and oxygen atoms in total. The Bertz CT molecular complexity index is 418. The van der Waals surface area contributed by atoms with E-state index in [0.717, 1.165) is 17.1 Å². The smallest absolute Gasteiger partial charge is 0.158 e. The van der Waals surface area contributed by atoms with Crippen LogP contribution in [0.1, 0.15) is 5.56 Å². The second-order valence-corrected chi connectivity index (χ2v) is 3.03. The van der Waals surface area contributed by atoms with Crippen molar-refractivity contribution >= 4 is 0 Å². The lowest BCUT2D eigenvalue weighted by Crippen LogP contribution is -1.95. The van der Waals surface area contributed by atoms with Gasteiger partial charge in [0.1, 0.15) is 5.69 Å². The molecule has 0 aromatic carbocycles. The number of aryl methyl sites for hydroxylation is 2. The van der Waals surface area contributed by atoms with Crippen molar-refractivity contribution in [1.82, 2.24) is 14.5 Å². The van der Waals surface area contributed by atoms with Crippen LogP contribution in [0.15, 0.2) is 30.7 Å². The van der Waals surface area contributed by atoms with Gasteiger partial charge in [-0.15, -0.1) is 0 Å². The molecule has 0 radical (unpaired) electrons. The van der Waals surface area contributed by atoms with Crippen LogP contribution in [-0.2, 0) is 7.05 Å². The van der Waals surface area contributed by atoms with Crippen molar-refractivity contribution in [1.29, 1.82) is 0 Å². The summed E-state index contributed by atoms with van der Waals surface area (Å²) in [4.78, 5) is 8.55. The number of nitrogens with zero attached hydrogens (tertiary/aromatic N) is 3. The summed E-state index contributed by atoms with van der Waals surface area (Å²) in [5.74, 6) is 0.915. The highest BCUT2D eigenvalue weighted by atomic mass is 15.0. The van der Waals surface area contributed by atoms with Crippen LogP contribution in [0.2, 0.25) is 0 Å². The summed E-state index contributed by atoms with van der Waals surface area (Å²) in [5, 5.41) is 0. The van der Waals surface area contributed by atoms with Crippen molar-refractivity contribution in [2.75, 3.05) is 0 Å². The molecule has 0 fully saturated rings. The Kier molecular flexibility index (Phi) is 1.85. The van der Waals surface area contributed by atoms with Crippen molar-refractivity contribution in [2.45, 2.75) is 6.92 Å². The molecule has 13 heavy (non-hydrogen) atoms. The maximum absolute atomic E-state index is 4.30. The Hall–Kier alpha value is -1.64. The SMILES string of the molecule is Cc1cccnc1-c1nccn1C.